The first-order valence-electron chi connectivity index (χ1n) is 5.75. The Labute approximate surface area is 103 Å². The monoisotopic (exact) mass is 263 g/mol. The van der Waals surface area contributed by atoms with E-state index in [-0.39, 0.29) is 5.84 Å². The highest BCUT2D eigenvalue weighted by Gasteiger charge is 2.26. The van der Waals surface area contributed by atoms with Crippen molar-refractivity contribution in [2.45, 2.75) is 13.3 Å². The van der Waals surface area contributed by atoms with Crippen molar-refractivity contribution in [2.75, 3.05) is 39.3 Å². The maximum absolute atomic E-state index is 11.8. The van der Waals surface area contributed by atoms with Crippen molar-refractivity contribution in [3.63, 3.8) is 0 Å². The molecule has 1 aliphatic heterocycles. The smallest absolute Gasteiger partial charge is 0.279 e. The van der Waals surface area contributed by atoms with Gasteiger partial charge in [0.15, 0.2) is 0 Å². The van der Waals surface area contributed by atoms with E-state index in [1.165, 1.54) is 4.31 Å². The molecule has 17 heavy (non-hydrogen) atoms. The van der Waals surface area contributed by atoms with Gasteiger partial charge in [0.25, 0.3) is 10.2 Å². The molecule has 1 saturated heterocycles. The molecule has 1 heterocycles. The van der Waals surface area contributed by atoms with E-state index in [2.05, 4.69) is 4.72 Å². The predicted molar refractivity (Wildman–Crippen MR) is 67.1 cm³/mol. The summed E-state index contributed by atoms with van der Waals surface area (Å²) in [5.74, 6) is 0.116. The highest BCUT2D eigenvalue weighted by molar-refractivity contribution is 7.87. The van der Waals surface area contributed by atoms with E-state index in [1.807, 2.05) is 11.8 Å². The first-order valence-corrected chi connectivity index (χ1v) is 7.19. The van der Waals surface area contributed by atoms with Gasteiger partial charge in [0.05, 0.1) is 6.54 Å². The minimum atomic E-state index is -3.33. The summed E-state index contributed by atoms with van der Waals surface area (Å²) >= 11 is 0. The number of hydrogen-bond acceptors (Lipinski definition) is 4. The van der Waals surface area contributed by atoms with Crippen molar-refractivity contribution in [3.8, 4) is 0 Å². The van der Waals surface area contributed by atoms with Crippen LogP contribution in [0.15, 0.2) is 0 Å². The topological polar surface area (TPSA) is 103 Å². The van der Waals surface area contributed by atoms with Crippen LogP contribution in [-0.4, -0.2) is 62.7 Å². The van der Waals surface area contributed by atoms with E-state index in [9.17, 15) is 8.42 Å². The molecule has 0 unspecified atom stereocenters. The zero-order valence-electron chi connectivity index (χ0n) is 10.1. The molecule has 0 amide bonds. The number of rotatable bonds is 6. The van der Waals surface area contributed by atoms with Crippen LogP contribution in [0.5, 0.6) is 0 Å². The average molecular weight is 263 g/mol. The largest absolute Gasteiger partial charge is 0.387 e. The standard InChI is InChI=1S/C9H21N5O2S/c1-2-3-12-17(15,16)14-6-4-13(5-7-14)8-9(10)11/h12H,2-8H2,1H3,(H3,10,11). The molecular formula is C9H21N5O2S. The second-order valence-electron chi connectivity index (χ2n) is 4.10. The summed E-state index contributed by atoms with van der Waals surface area (Å²) in [7, 11) is -3.33. The Morgan fingerprint density at radius 3 is 2.41 bits per heavy atom. The summed E-state index contributed by atoms with van der Waals surface area (Å²) in [6, 6.07) is 0. The summed E-state index contributed by atoms with van der Waals surface area (Å²) in [6.07, 6.45) is 0.781. The van der Waals surface area contributed by atoms with Gasteiger partial charge >= 0.3 is 0 Å². The molecule has 0 saturated carbocycles. The number of nitrogens with zero attached hydrogens (tertiary/aromatic N) is 2. The second kappa shape index (κ2) is 6.29. The Morgan fingerprint density at radius 1 is 1.35 bits per heavy atom. The van der Waals surface area contributed by atoms with Crippen LogP contribution >= 0.6 is 0 Å². The number of nitrogens with one attached hydrogen (secondary N) is 2. The number of nitrogens with two attached hydrogens (primary N) is 1. The fourth-order valence-corrected chi connectivity index (χ4v) is 2.98. The Morgan fingerprint density at radius 2 is 1.94 bits per heavy atom. The maximum atomic E-state index is 11.8. The van der Waals surface area contributed by atoms with Crippen molar-refractivity contribution in [1.82, 2.24) is 13.9 Å². The van der Waals surface area contributed by atoms with Crippen molar-refractivity contribution in [1.29, 1.82) is 5.41 Å². The molecule has 1 aliphatic rings. The molecule has 0 bridgehead atoms. The molecule has 0 spiro atoms. The van der Waals surface area contributed by atoms with Crippen LogP contribution in [-0.2, 0) is 10.2 Å². The molecule has 0 aromatic heterocycles. The molecule has 7 nitrogen and oxygen atoms in total. The van der Waals surface area contributed by atoms with E-state index in [4.69, 9.17) is 11.1 Å². The quantitative estimate of drug-likeness (QED) is 0.413. The van der Waals surface area contributed by atoms with Gasteiger partial charge < -0.3 is 5.73 Å². The molecule has 0 atom stereocenters. The van der Waals surface area contributed by atoms with Crippen LogP contribution in [0.1, 0.15) is 13.3 Å². The summed E-state index contributed by atoms with van der Waals surface area (Å²) < 4.78 is 27.6. The number of hydrogen-bond donors (Lipinski definition) is 3. The molecule has 0 aromatic carbocycles. The number of amidine groups is 1. The zero-order chi connectivity index (χ0) is 12.9. The molecule has 0 aromatic rings. The van der Waals surface area contributed by atoms with E-state index < -0.39 is 10.2 Å². The van der Waals surface area contributed by atoms with Gasteiger partial charge in [0, 0.05) is 32.7 Å². The third-order valence-corrected chi connectivity index (χ3v) is 4.21. The molecule has 1 fully saturated rings. The second-order valence-corrected chi connectivity index (χ2v) is 5.86. The van der Waals surface area contributed by atoms with Gasteiger partial charge in [0.1, 0.15) is 5.84 Å². The summed E-state index contributed by atoms with van der Waals surface area (Å²) in [6.45, 7) is 4.94. The van der Waals surface area contributed by atoms with Gasteiger partial charge in [-0.25, -0.2) is 4.72 Å². The van der Waals surface area contributed by atoms with Crippen LogP contribution in [0.4, 0.5) is 0 Å². The number of piperazine rings is 1. The zero-order valence-corrected chi connectivity index (χ0v) is 11.0. The SMILES string of the molecule is CCCNS(=O)(=O)N1CCN(CC(=N)N)CC1. The van der Waals surface area contributed by atoms with Crippen LogP contribution in [0.2, 0.25) is 0 Å². The molecule has 1 rings (SSSR count). The van der Waals surface area contributed by atoms with E-state index in [0.717, 1.165) is 6.42 Å². The van der Waals surface area contributed by atoms with Crippen molar-refractivity contribution >= 4 is 16.0 Å². The van der Waals surface area contributed by atoms with Crippen molar-refractivity contribution in [2.24, 2.45) is 5.73 Å². The molecular weight excluding hydrogens is 242 g/mol. The lowest BCUT2D eigenvalue weighted by atomic mass is 10.3. The van der Waals surface area contributed by atoms with Crippen LogP contribution in [0.25, 0.3) is 0 Å². The Kier molecular flexibility index (Phi) is 5.31. The van der Waals surface area contributed by atoms with E-state index in [1.54, 1.807) is 0 Å². The average Bonchev–Trinajstić information content (AvgIpc) is 2.26. The maximum Gasteiger partial charge on any atom is 0.279 e. The van der Waals surface area contributed by atoms with Gasteiger partial charge in [-0.1, -0.05) is 6.92 Å². The van der Waals surface area contributed by atoms with Crippen molar-refractivity contribution in [3.05, 3.63) is 0 Å². The van der Waals surface area contributed by atoms with Gasteiger partial charge in [-0.3, -0.25) is 10.3 Å². The molecule has 100 valence electrons. The Hall–Kier alpha value is -0.700. The van der Waals surface area contributed by atoms with Crippen LogP contribution in [0, 0.1) is 5.41 Å². The minimum absolute atomic E-state index is 0.116. The van der Waals surface area contributed by atoms with Gasteiger partial charge in [0.2, 0.25) is 0 Å². The summed E-state index contributed by atoms with van der Waals surface area (Å²) in [5.41, 5.74) is 5.31. The fourth-order valence-electron chi connectivity index (χ4n) is 1.69. The van der Waals surface area contributed by atoms with E-state index >= 15 is 0 Å². The Balaban J connectivity index is 2.43. The van der Waals surface area contributed by atoms with Crippen LogP contribution in [0.3, 0.4) is 0 Å². The first kappa shape index (κ1) is 14.4. The lowest BCUT2D eigenvalue weighted by Crippen LogP contribution is -2.53. The fraction of sp³-hybridized carbons (Fsp3) is 0.889. The first-order chi connectivity index (χ1) is 7.95. The molecule has 8 heteroatoms. The predicted octanol–water partition coefficient (Wildman–Crippen LogP) is -1.22. The third kappa shape index (κ3) is 4.58. The van der Waals surface area contributed by atoms with Crippen LogP contribution < -0.4 is 10.5 Å². The third-order valence-electron chi connectivity index (χ3n) is 2.60. The molecule has 0 aliphatic carbocycles. The molecule has 0 radical (unpaired) electrons. The highest BCUT2D eigenvalue weighted by Crippen LogP contribution is 2.05. The van der Waals surface area contributed by atoms with Gasteiger partial charge in [-0.15, -0.1) is 0 Å². The minimum Gasteiger partial charge on any atom is -0.387 e. The lowest BCUT2D eigenvalue weighted by molar-refractivity contribution is 0.207. The normalized spacial score (nSPS) is 19.4. The lowest BCUT2D eigenvalue weighted by Gasteiger charge is -2.33. The van der Waals surface area contributed by atoms with Gasteiger partial charge in [-0.2, -0.15) is 12.7 Å². The highest BCUT2D eigenvalue weighted by atomic mass is 32.2. The summed E-state index contributed by atoms with van der Waals surface area (Å²) in [4.78, 5) is 1.98. The van der Waals surface area contributed by atoms with Gasteiger partial charge in [-0.05, 0) is 6.42 Å². The van der Waals surface area contributed by atoms with E-state index in [0.29, 0.717) is 39.3 Å². The molecule has 4 N–H and O–H groups in total. The van der Waals surface area contributed by atoms with Crippen molar-refractivity contribution < 1.29 is 8.42 Å². The Bertz CT molecular complexity index is 348. The summed E-state index contributed by atoms with van der Waals surface area (Å²) in [5, 5.41) is 7.19.